The van der Waals surface area contributed by atoms with E-state index in [9.17, 15) is 9.18 Å². The summed E-state index contributed by atoms with van der Waals surface area (Å²) in [6.45, 7) is 4.53. The van der Waals surface area contributed by atoms with Crippen molar-refractivity contribution in [3.63, 3.8) is 0 Å². The number of hydrogen-bond acceptors (Lipinski definition) is 2. The molecule has 148 valence electrons. The zero-order valence-corrected chi connectivity index (χ0v) is 17.3. The Labute approximate surface area is 173 Å². The number of halogens is 3. The minimum absolute atomic E-state index is 0.0930. The van der Waals surface area contributed by atoms with Gasteiger partial charge < -0.3 is 9.88 Å². The van der Waals surface area contributed by atoms with Crippen molar-refractivity contribution in [3.8, 4) is 0 Å². The predicted octanol–water partition coefficient (Wildman–Crippen LogP) is 5.55. The van der Waals surface area contributed by atoms with Gasteiger partial charge in [-0.2, -0.15) is 0 Å². The van der Waals surface area contributed by atoms with Crippen LogP contribution in [-0.2, 0) is 11.2 Å². The molecule has 28 heavy (non-hydrogen) atoms. The molecular formula is C21H22Cl2FN3O. The van der Waals surface area contributed by atoms with Gasteiger partial charge in [0, 0.05) is 13.0 Å². The van der Waals surface area contributed by atoms with Gasteiger partial charge in [0.15, 0.2) is 0 Å². The molecule has 0 radical (unpaired) electrons. The Hall–Kier alpha value is -2.11. The molecule has 1 N–H and O–H groups in total. The molecule has 3 rings (SSSR count). The van der Waals surface area contributed by atoms with E-state index in [1.165, 1.54) is 6.07 Å². The number of benzene rings is 2. The Morgan fingerprint density at radius 1 is 1.21 bits per heavy atom. The first-order chi connectivity index (χ1) is 13.5. The maximum Gasteiger partial charge on any atom is 0.243 e. The van der Waals surface area contributed by atoms with Crippen molar-refractivity contribution in [2.75, 3.05) is 6.54 Å². The quantitative estimate of drug-likeness (QED) is 0.543. The van der Waals surface area contributed by atoms with Gasteiger partial charge in [-0.05, 0) is 36.6 Å². The monoisotopic (exact) mass is 421 g/mol. The first-order valence-electron chi connectivity index (χ1n) is 9.33. The molecule has 0 bridgehead atoms. The largest absolute Gasteiger partial charge is 0.354 e. The second-order valence-corrected chi connectivity index (χ2v) is 7.45. The van der Waals surface area contributed by atoms with Gasteiger partial charge in [-0.15, -0.1) is 0 Å². The summed E-state index contributed by atoms with van der Waals surface area (Å²) in [4.78, 5) is 17.5. The van der Waals surface area contributed by atoms with Crippen LogP contribution >= 0.6 is 23.2 Å². The summed E-state index contributed by atoms with van der Waals surface area (Å²) in [7, 11) is 0. The Kier molecular flexibility index (Phi) is 6.57. The topological polar surface area (TPSA) is 46.9 Å². The molecule has 0 aliphatic carbocycles. The van der Waals surface area contributed by atoms with Gasteiger partial charge in [0.05, 0.1) is 21.1 Å². The minimum atomic E-state index is -0.476. The molecule has 3 aromatic rings. The molecule has 0 spiro atoms. The van der Waals surface area contributed by atoms with E-state index >= 15 is 0 Å². The lowest BCUT2D eigenvalue weighted by atomic mass is 10.1. The summed E-state index contributed by atoms with van der Waals surface area (Å²) in [5.74, 6) is 0.196. The van der Waals surface area contributed by atoms with E-state index in [1.807, 2.05) is 18.4 Å². The molecule has 1 heterocycles. The molecule has 0 saturated carbocycles. The molecule has 2 aromatic carbocycles. The fourth-order valence-corrected chi connectivity index (χ4v) is 3.59. The Morgan fingerprint density at radius 2 is 1.93 bits per heavy atom. The van der Waals surface area contributed by atoms with Crippen molar-refractivity contribution in [1.82, 2.24) is 14.9 Å². The number of carbonyl (C=O) groups is 1. The first-order valence-corrected chi connectivity index (χ1v) is 10.1. The van der Waals surface area contributed by atoms with Crippen LogP contribution in [0.2, 0.25) is 10.0 Å². The third-order valence-corrected chi connectivity index (χ3v) is 5.38. The third kappa shape index (κ3) is 4.15. The van der Waals surface area contributed by atoms with Crippen LogP contribution in [0, 0.1) is 5.82 Å². The summed E-state index contributed by atoms with van der Waals surface area (Å²) in [5, 5.41) is 3.72. The highest BCUT2D eigenvalue weighted by Crippen LogP contribution is 2.32. The summed E-state index contributed by atoms with van der Waals surface area (Å²) in [5.41, 5.74) is 1.85. The van der Waals surface area contributed by atoms with Crippen LogP contribution in [-0.4, -0.2) is 22.0 Å². The number of carbonyl (C=O) groups excluding carboxylic acids is 1. The predicted molar refractivity (Wildman–Crippen MR) is 112 cm³/mol. The van der Waals surface area contributed by atoms with Crippen molar-refractivity contribution in [3.05, 3.63) is 63.6 Å². The number of fused-ring (bicyclic) bond motifs is 1. The zero-order valence-electron chi connectivity index (χ0n) is 15.8. The van der Waals surface area contributed by atoms with Crippen LogP contribution in [0.1, 0.15) is 44.1 Å². The smallest absolute Gasteiger partial charge is 0.243 e. The summed E-state index contributed by atoms with van der Waals surface area (Å²) < 4.78 is 16.1. The molecule has 1 atom stereocenters. The number of nitrogens with zero attached hydrogens (tertiary/aromatic N) is 2. The van der Waals surface area contributed by atoms with E-state index in [2.05, 4.69) is 10.3 Å². The SMILES string of the molecule is CCCNC(=O)C(CC)n1c(Cc2ccccc2F)nc2cc(Cl)c(Cl)cc21. The van der Waals surface area contributed by atoms with Crippen LogP contribution in [0.3, 0.4) is 0 Å². The lowest BCUT2D eigenvalue weighted by Crippen LogP contribution is -2.33. The Morgan fingerprint density at radius 3 is 2.61 bits per heavy atom. The second-order valence-electron chi connectivity index (χ2n) is 6.64. The van der Waals surface area contributed by atoms with Crippen molar-refractivity contribution in [2.45, 2.75) is 39.2 Å². The average Bonchev–Trinajstić information content (AvgIpc) is 3.00. The Bertz CT molecular complexity index is 1000. The summed E-state index contributed by atoms with van der Waals surface area (Å²) in [6, 6.07) is 9.48. The molecule has 0 aliphatic rings. The van der Waals surface area contributed by atoms with Crippen LogP contribution in [0.15, 0.2) is 36.4 Å². The van der Waals surface area contributed by atoms with Crippen LogP contribution < -0.4 is 5.32 Å². The number of imidazole rings is 1. The first kappa shape index (κ1) is 20.6. The lowest BCUT2D eigenvalue weighted by Gasteiger charge is -2.20. The zero-order chi connectivity index (χ0) is 20.3. The molecule has 1 aromatic heterocycles. The summed E-state index contributed by atoms with van der Waals surface area (Å²) in [6.07, 6.45) is 1.66. The van der Waals surface area contributed by atoms with E-state index in [0.717, 1.165) is 6.42 Å². The molecule has 1 unspecified atom stereocenters. The molecule has 0 fully saturated rings. The van der Waals surface area contributed by atoms with Crippen LogP contribution in [0.5, 0.6) is 0 Å². The standard InChI is InChI=1S/C21H22Cl2FN3O/c1-3-9-25-21(28)18(4-2)27-19-12-15(23)14(22)11-17(19)26-20(27)10-13-7-5-6-8-16(13)24/h5-8,11-12,18H,3-4,9-10H2,1-2H3,(H,25,28). The van der Waals surface area contributed by atoms with Crippen molar-refractivity contribution in [2.24, 2.45) is 0 Å². The molecule has 1 amide bonds. The van der Waals surface area contributed by atoms with E-state index in [0.29, 0.717) is 45.4 Å². The van der Waals surface area contributed by atoms with Gasteiger partial charge in [0.25, 0.3) is 0 Å². The highest BCUT2D eigenvalue weighted by molar-refractivity contribution is 6.42. The van der Waals surface area contributed by atoms with Crippen molar-refractivity contribution < 1.29 is 9.18 Å². The second kappa shape index (κ2) is 8.93. The van der Waals surface area contributed by atoms with E-state index in [4.69, 9.17) is 23.2 Å². The summed E-state index contributed by atoms with van der Waals surface area (Å²) >= 11 is 12.4. The number of aromatic nitrogens is 2. The van der Waals surface area contributed by atoms with Crippen LogP contribution in [0.25, 0.3) is 11.0 Å². The van der Waals surface area contributed by atoms with Gasteiger partial charge in [-0.1, -0.05) is 55.2 Å². The fourth-order valence-electron chi connectivity index (χ4n) is 3.28. The van der Waals surface area contributed by atoms with Gasteiger partial charge in [0.2, 0.25) is 5.91 Å². The normalized spacial score (nSPS) is 12.3. The van der Waals surface area contributed by atoms with E-state index < -0.39 is 6.04 Å². The van der Waals surface area contributed by atoms with Crippen molar-refractivity contribution >= 4 is 40.1 Å². The molecule has 0 aliphatic heterocycles. The average molecular weight is 422 g/mol. The van der Waals surface area contributed by atoms with E-state index in [1.54, 1.807) is 30.3 Å². The fraction of sp³-hybridized carbons (Fsp3) is 0.333. The number of hydrogen-bond donors (Lipinski definition) is 1. The number of amides is 1. The van der Waals surface area contributed by atoms with E-state index in [-0.39, 0.29) is 18.1 Å². The number of nitrogens with one attached hydrogen (secondary N) is 1. The third-order valence-electron chi connectivity index (χ3n) is 4.66. The molecule has 7 heteroatoms. The minimum Gasteiger partial charge on any atom is -0.354 e. The lowest BCUT2D eigenvalue weighted by molar-refractivity contribution is -0.124. The highest BCUT2D eigenvalue weighted by Gasteiger charge is 2.25. The molecule has 4 nitrogen and oxygen atoms in total. The highest BCUT2D eigenvalue weighted by atomic mass is 35.5. The molecule has 0 saturated heterocycles. The van der Waals surface area contributed by atoms with Crippen LogP contribution in [0.4, 0.5) is 4.39 Å². The van der Waals surface area contributed by atoms with Crippen molar-refractivity contribution in [1.29, 1.82) is 0 Å². The van der Waals surface area contributed by atoms with Gasteiger partial charge in [-0.3, -0.25) is 4.79 Å². The molecular weight excluding hydrogens is 400 g/mol. The number of rotatable bonds is 7. The van der Waals surface area contributed by atoms with Gasteiger partial charge in [0.1, 0.15) is 17.7 Å². The Balaban J connectivity index is 2.15. The van der Waals surface area contributed by atoms with Gasteiger partial charge in [-0.25, -0.2) is 9.37 Å². The van der Waals surface area contributed by atoms with Gasteiger partial charge >= 0.3 is 0 Å². The maximum atomic E-state index is 14.2. The maximum absolute atomic E-state index is 14.2.